The molecule has 0 saturated carbocycles. The van der Waals surface area contributed by atoms with E-state index in [2.05, 4.69) is 36.1 Å². The second kappa shape index (κ2) is 8.39. The number of thioether (sulfide) groups is 1. The third-order valence-corrected chi connectivity index (χ3v) is 3.92. The van der Waals surface area contributed by atoms with Gasteiger partial charge in [0.15, 0.2) is 0 Å². The largest absolute Gasteiger partial charge is 0.381 e. The molecule has 90 valence electrons. The molecule has 1 saturated heterocycles. The van der Waals surface area contributed by atoms with Gasteiger partial charge < -0.3 is 15.0 Å². The molecule has 0 amide bonds. The maximum Gasteiger partial charge on any atom is 0.0476 e. The molecule has 0 bridgehead atoms. The van der Waals surface area contributed by atoms with Gasteiger partial charge in [0.25, 0.3) is 0 Å². The minimum absolute atomic E-state index is 0.842. The third-order valence-electron chi connectivity index (χ3n) is 2.54. The molecule has 0 radical (unpaired) electrons. The molecule has 0 spiro atoms. The fourth-order valence-corrected chi connectivity index (χ4v) is 2.69. The van der Waals surface area contributed by atoms with Crippen molar-refractivity contribution in [2.45, 2.75) is 18.1 Å². The van der Waals surface area contributed by atoms with Gasteiger partial charge in [-0.1, -0.05) is 0 Å². The first kappa shape index (κ1) is 13.3. The molecule has 1 N–H and O–H groups in total. The highest BCUT2D eigenvalue weighted by atomic mass is 32.2. The summed E-state index contributed by atoms with van der Waals surface area (Å²) in [7, 11) is 4.22. The zero-order valence-electron chi connectivity index (χ0n) is 10.00. The van der Waals surface area contributed by atoms with Crippen molar-refractivity contribution in [2.24, 2.45) is 0 Å². The van der Waals surface area contributed by atoms with Crippen LogP contribution in [0.25, 0.3) is 0 Å². The van der Waals surface area contributed by atoms with E-state index in [1.54, 1.807) is 0 Å². The summed E-state index contributed by atoms with van der Waals surface area (Å²) in [6, 6.07) is 0. The fraction of sp³-hybridized carbons (Fsp3) is 1.00. The molecule has 0 atom stereocenters. The first-order chi connectivity index (χ1) is 7.29. The van der Waals surface area contributed by atoms with E-state index in [-0.39, 0.29) is 0 Å². The second-order valence-corrected chi connectivity index (χ2v) is 5.64. The number of likely N-dealkylation sites (N-methyl/N-ethyl adjacent to an activating group) is 1. The molecule has 15 heavy (non-hydrogen) atoms. The Labute approximate surface area is 97.9 Å². The molecule has 1 fully saturated rings. The lowest BCUT2D eigenvalue weighted by molar-refractivity contribution is 0.100. The summed E-state index contributed by atoms with van der Waals surface area (Å²) in [4.78, 5) is 2.21. The molecule has 1 rings (SSSR count). The van der Waals surface area contributed by atoms with E-state index in [1.165, 1.54) is 18.6 Å². The average Bonchev–Trinajstić information content (AvgIpc) is 2.24. The zero-order chi connectivity index (χ0) is 10.9. The quantitative estimate of drug-likeness (QED) is 0.663. The smallest absolute Gasteiger partial charge is 0.0476 e. The van der Waals surface area contributed by atoms with Crippen LogP contribution in [0.2, 0.25) is 0 Å². The summed E-state index contributed by atoms with van der Waals surface area (Å²) in [5.74, 6) is 1.23. The predicted molar refractivity (Wildman–Crippen MR) is 67.7 cm³/mol. The number of nitrogens with zero attached hydrogens (tertiary/aromatic N) is 1. The van der Waals surface area contributed by atoms with Crippen LogP contribution in [-0.2, 0) is 4.74 Å². The van der Waals surface area contributed by atoms with Gasteiger partial charge >= 0.3 is 0 Å². The summed E-state index contributed by atoms with van der Waals surface area (Å²) < 4.78 is 5.34. The highest BCUT2D eigenvalue weighted by molar-refractivity contribution is 7.99. The minimum Gasteiger partial charge on any atom is -0.381 e. The van der Waals surface area contributed by atoms with E-state index < -0.39 is 0 Å². The van der Waals surface area contributed by atoms with E-state index in [9.17, 15) is 0 Å². The van der Waals surface area contributed by atoms with E-state index in [1.807, 2.05) is 0 Å². The van der Waals surface area contributed by atoms with E-state index in [0.717, 1.165) is 38.1 Å². The summed E-state index contributed by atoms with van der Waals surface area (Å²) in [6.45, 7) is 5.29. The second-order valence-electron chi connectivity index (χ2n) is 4.24. The Morgan fingerprint density at radius 2 is 2.00 bits per heavy atom. The molecule has 1 aliphatic heterocycles. The highest BCUT2D eigenvalue weighted by Crippen LogP contribution is 2.21. The molecular formula is C11H24N2OS. The average molecular weight is 232 g/mol. The van der Waals surface area contributed by atoms with Gasteiger partial charge in [0, 0.05) is 43.9 Å². The number of rotatable bonds is 7. The lowest BCUT2D eigenvalue weighted by Crippen LogP contribution is -2.28. The van der Waals surface area contributed by atoms with Gasteiger partial charge in [-0.05, 0) is 26.9 Å². The van der Waals surface area contributed by atoms with E-state index in [0.29, 0.717) is 0 Å². The van der Waals surface area contributed by atoms with Crippen molar-refractivity contribution < 1.29 is 4.74 Å². The Balaban J connectivity index is 1.83. The van der Waals surface area contributed by atoms with Crippen molar-refractivity contribution in [1.29, 1.82) is 0 Å². The highest BCUT2D eigenvalue weighted by Gasteiger charge is 2.13. The first-order valence-electron chi connectivity index (χ1n) is 5.84. The maximum atomic E-state index is 5.34. The molecule has 0 aromatic rings. The van der Waals surface area contributed by atoms with Crippen LogP contribution in [0.15, 0.2) is 0 Å². The van der Waals surface area contributed by atoms with Crippen LogP contribution >= 0.6 is 11.8 Å². The Morgan fingerprint density at radius 3 is 2.67 bits per heavy atom. The molecule has 0 aromatic carbocycles. The van der Waals surface area contributed by atoms with Crippen LogP contribution in [0.1, 0.15) is 12.8 Å². The van der Waals surface area contributed by atoms with E-state index >= 15 is 0 Å². The van der Waals surface area contributed by atoms with Crippen LogP contribution in [0.3, 0.4) is 0 Å². The SMILES string of the molecule is CN(C)CCNCCSC1CCOCC1. The summed E-state index contributed by atoms with van der Waals surface area (Å²) >= 11 is 2.10. The van der Waals surface area contributed by atoms with E-state index in [4.69, 9.17) is 4.74 Å². The third kappa shape index (κ3) is 7.17. The molecule has 0 unspecified atom stereocenters. The topological polar surface area (TPSA) is 24.5 Å². The molecule has 3 nitrogen and oxygen atoms in total. The Kier molecular flexibility index (Phi) is 7.44. The zero-order valence-corrected chi connectivity index (χ0v) is 10.8. The fourth-order valence-electron chi connectivity index (χ4n) is 1.57. The van der Waals surface area contributed by atoms with Crippen LogP contribution in [0.5, 0.6) is 0 Å². The maximum absolute atomic E-state index is 5.34. The van der Waals surface area contributed by atoms with Crippen molar-refractivity contribution in [2.75, 3.05) is 52.7 Å². The van der Waals surface area contributed by atoms with Gasteiger partial charge in [-0.3, -0.25) is 0 Å². The predicted octanol–water partition coefficient (Wildman–Crippen LogP) is 1.05. The molecule has 1 aliphatic rings. The van der Waals surface area contributed by atoms with Crippen LogP contribution < -0.4 is 5.32 Å². The molecular weight excluding hydrogens is 208 g/mol. The summed E-state index contributed by atoms with van der Waals surface area (Å²) in [5, 5.41) is 4.30. The van der Waals surface area contributed by atoms with Gasteiger partial charge in [-0.2, -0.15) is 11.8 Å². The van der Waals surface area contributed by atoms with Gasteiger partial charge in [0.1, 0.15) is 0 Å². The first-order valence-corrected chi connectivity index (χ1v) is 6.88. The Bertz CT molecular complexity index is 150. The van der Waals surface area contributed by atoms with Gasteiger partial charge in [0.05, 0.1) is 0 Å². The van der Waals surface area contributed by atoms with Gasteiger partial charge in [-0.25, -0.2) is 0 Å². The summed E-state index contributed by atoms with van der Waals surface area (Å²) in [5.41, 5.74) is 0. The monoisotopic (exact) mass is 232 g/mol. The molecule has 0 aromatic heterocycles. The minimum atomic E-state index is 0.842. The molecule has 0 aliphatic carbocycles. The molecule has 1 heterocycles. The Hall–Kier alpha value is 0.230. The van der Waals surface area contributed by atoms with Crippen molar-refractivity contribution >= 4 is 11.8 Å². The number of ether oxygens (including phenoxy) is 1. The number of nitrogens with one attached hydrogen (secondary N) is 1. The number of hydrogen-bond acceptors (Lipinski definition) is 4. The van der Waals surface area contributed by atoms with Crippen LogP contribution in [-0.4, -0.2) is 62.8 Å². The Morgan fingerprint density at radius 1 is 1.27 bits per heavy atom. The van der Waals surface area contributed by atoms with Gasteiger partial charge in [0.2, 0.25) is 0 Å². The van der Waals surface area contributed by atoms with Gasteiger partial charge in [-0.15, -0.1) is 0 Å². The van der Waals surface area contributed by atoms with Crippen molar-refractivity contribution in [1.82, 2.24) is 10.2 Å². The lowest BCUT2D eigenvalue weighted by atomic mass is 10.2. The van der Waals surface area contributed by atoms with Crippen molar-refractivity contribution in [3.8, 4) is 0 Å². The number of hydrogen-bond donors (Lipinski definition) is 1. The molecule has 4 heteroatoms. The standard InChI is InChI=1S/C11H24N2OS/c1-13(2)7-5-12-6-10-15-11-3-8-14-9-4-11/h11-12H,3-10H2,1-2H3. The normalized spacial score (nSPS) is 18.6. The summed E-state index contributed by atoms with van der Waals surface area (Å²) in [6.07, 6.45) is 2.48. The van der Waals surface area contributed by atoms with Crippen molar-refractivity contribution in [3.05, 3.63) is 0 Å². The van der Waals surface area contributed by atoms with Crippen LogP contribution in [0, 0.1) is 0 Å². The van der Waals surface area contributed by atoms with Crippen LogP contribution in [0.4, 0.5) is 0 Å². The van der Waals surface area contributed by atoms with Crippen molar-refractivity contribution in [3.63, 3.8) is 0 Å². The lowest BCUT2D eigenvalue weighted by Gasteiger charge is -2.21.